The second-order valence-electron chi connectivity index (χ2n) is 6.24. The van der Waals surface area contributed by atoms with Gasteiger partial charge < -0.3 is 0 Å². The molecule has 0 amide bonds. The number of aldehydes is 1. The zero-order valence-corrected chi connectivity index (χ0v) is 16.2. The van der Waals surface area contributed by atoms with Gasteiger partial charge in [0.05, 0.1) is 0 Å². The zero-order chi connectivity index (χ0) is 19.3. The van der Waals surface area contributed by atoms with Crippen LogP contribution in [0.4, 0.5) is 0 Å². The van der Waals surface area contributed by atoms with Gasteiger partial charge in [0.25, 0.3) is 5.78 Å². The van der Waals surface area contributed by atoms with Crippen LogP contribution in [-0.2, 0) is 14.4 Å². The monoisotopic (exact) mass is 358 g/mol. The quantitative estimate of drug-likeness (QED) is 0.108. The third-order valence-corrected chi connectivity index (χ3v) is 3.86. The van der Waals surface area contributed by atoms with Crippen molar-refractivity contribution in [1.82, 2.24) is 0 Å². The fraction of sp³-hybridized carbons (Fsp3) is 0.522. The van der Waals surface area contributed by atoms with Crippen LogP contribution >= 0.6 is 0 Å². The molecule has 0 aliphatic heterocycles. The predicted octanol–water partition coefficient (Wildman–Crippen LogP) is 5.86. The van der Waals surface area contributed by atoms with Crippen molar-refractivity contribution < 1.29 is 14.4 Å². The number of carbonyl (C=O) groups excluding carboxylic acids is 3. The van der Waals surface area contributed by atoms with Gasteiger partial charge in [-0.3, -0.25) is 14.4 Å². The molecule has 3 nitrogen and oxygen atoms in total. The summed E-state index contributed by atoms with van der Waals surface area (Å²) in [5.41, 5.74) is 0. The Morgan fingerprint density at radius 1 is 0.654 bits per heavy atom. The highest BCUT2D eigenvalue weighted by Crippen LogP contribution is 2.03. The molecule has 0 aromatic heterocycles. The molecule has 0 heterocycles. The van der Waals surface area contributed by atoms with Crippen LogP contribution in [0.1, 0.15) is 77.6 Å². The van der Waals surface area contributed by atoms with Crippen LogP contribution < -0.4 is 0 Å². The van der Waals surface area contributed by atoms with Crippen molar-refractivity contribution in [3.63, 3.8) is 0 Å². The van der Waals surface area contributed by atoms with Gasteiger partial charge in [0.15, 0.2) is 6.29 Å². The number of hydrogen-bond acceptors (Lipinski definition) is 3. The lowest BCUT2D eigenvalue weighted by atomic mass is 10.1. The normalized spacial score (nSPS) is 12.0. The Hall–Kier alpha value is -2.03. The fourth-order valence-electron chi connectivity index (χ4n) is 2.30. The van der Waals surface area contributed by atoms with Crippen molar-refractivity contribution in [3.05, 3.63) is 48.6 Å². The molecule has 0 aromatic carbocycles. The molecule has 0 unspecified atom stereocenters. The highest BCUT2D eigenvalue weighted by molar-refractivity contribution is 6.57. The maximum absolute atomic E-state index is 11.1. The summed E-state index contributed by atoms with van der Waals surface area (Å²) in [6.07, 6.45) is 28.0. The Labute approximate surface area is 158 Å². The number of carbonyl (C=O) groups is 3. The molecule has 0 fully saturated rings. The van der Waals surface area contributed by atoms with Crippen LogP contribution in [0.15, 0.2) is 48.6 Å². The zero-order valence-electron chi connectivity index (χ0n) is 16.2. The SMILES string of the molecule is CCCCCC=CCC=CCC=CCC=CCCCCC(=O)C(=O)C=O. The molecule has 0 bridgehead atoms. The maximum atomic E-state index is 11.1. The highest BCUT2D eigenvalue weighted by atomic mass is 16.2. The third kappa shape index (κ3) is 16.8. The molecule has 3 heteroatoms. The number of unbranched alkanes of at least 4 members (excludes halogenated alkanes) is 5. The maximum Gasteiger partial charge on any atom is 0.260 e. The number of rotatable bonds is 17. The van der Waals surface area contributed by atoms with E-state index in [1.54, 1.807) is 0 Å². The molecule has 0 rings (SSSR count). The fourth-order valence-corrected chi connectivity index (χ4v) is 2.30. The van der Waals surface area contributed by atoms with Crippen LogP contribution in [0.3, 0.4) is 0 Å². The summed E-state index contributed by atoms with van der Waals surface area (Å²) in [5, 5.41) is 0. The first-order chi connectivity index (χ1) is 12.7. The van der Waals surface area contributed by atoms with E-state index in [2.05, 4.69) is 55.5 Å². The first kappa shape index (κ1) is 24.0. The van der Waals surface area contributed by atoms with Gasteiger partial charge in [-0.1, -0.05) is 68.4 Å². The summed E-state index contributed by atoms with van der Waals surface area (Å²) in [4.78, 5) is 32.0. The van der Waals surface area contributed by atoms with Crippen LogP contribution in [0.5, 0.6) is 0 Å². The third-order valence-electron chi connectivity index (χ3n) is 3.86. The van der Waals surface area contributed by atoms with E-state index in [1.807, 2.05) is 0 Å². The number of ketones is 2. The van der Waals surface area contributed by atoms with Crippen molar-refractivity contribution in [1.29, 1.82) is 0 Å². The Balaban J connectivity index is 3.50. The molecular formula is C23H34O3. The van der Waals surface area contributed by atoms with Crippen molar-refractivity contribution >= 4 is 17.9 Å². The highest BCUT2D eigenvalue weighted by Gasteiger charge is 2.10. The van der Waals surface area contributed by atoms with Crippen molar-refractivity contribution in [2.45, 2.75) is 77.6 Å². The predicted molar refractivity (Wildman–Crippen MR) is 109 cm³/mol. The topological polar surface area (TPSA) is 51.2 Å². The molecule has 0 N–H and O–H groups in total. The minimum atomic E-state index is -0.914. The van der Waals surface area contributed by atoms with E-state index < -0.39 is 11.6 Å². The summed E-state index contributed by atoms with van der Waals surface area (Å²) in [6.45, 7) is 2.23. The molecule has 0 saturated heterocycles. The number of allylic oxidation sites excluding steroid dienone is 8. The lowest BCUT2D eigenvalue weighted by Crippen LogP contribution is -2.14. The largest absolute Gasteiger partial charge is 0.294 e. The summed E-state index contributed by atoms with van der Waals surface area (Å²) >= 11 is 0. The average molecular weight is 359 g/mol. The summed E-state index contributed by atoms with van der Waals surface area (Å²) in [7, 11) is 0. The standard InChI is InChI=1S/C23H34O3/c1-2-3-4-5-6-7-8-9-10-11-12-13-14-15-16-17-18-19-20-22(25)23(26)21-24/h6-7,9-10,12-13,15-16,21H,2-5,8,11,14,17-20H2,1H3. The lowest BCUT2D eigenvalue weighted by Gasteiger charge is -1.94. The summed E-state index contributed by atoms with van der Waals surface area (Å²) in [5.74, 6) is -1.49. The van der Waals surface area contributed by atoms with Crippen LogP contribution in [0.2, 0.25) is 0 Å². The number of hydrogen-bond donors (Lipinski definition) is 0. The molecule has 0 aliphatic carbocycles. The number of Topliss-reactive ketones (excluding diaryl/α,β-unsaturated/α-hetero) is 2. The Bertz CT molecular complexity index is 496. The molecule has 0 aromatic rings. The van der Waals surface area contributed by atoms with Crippen LogP contribution in [0.25, 0.3) is 0 Å². The van der Waals surface area contributed by atoms with Gasteiger partial charge in [0.1, 0.15) is 0 Å². The van der Waals surface area contributed by atoms with E-state index in [9.17, 15) is 14.4 Å². The van der Waals surface area contributed by atoms with Crippen molar-refractivity contribution in [2.75, 3.05) is 0 Å². The van der Waals surface area contributed by atoms with Crippen molar-refractivity contribution in [2.24, 2.45) is 0 Å². The summed E-state index contributed by atoms with van der Waals surface area (Å²) in [6, 6.07) is 0. The van der Waals surface area contributed by atoms with Gasteiger partial charge in [0.2, 0.25) is 5.78 Å². The van der Waals surface area contributed by atoms with Gasteiger partial charge in [-0.2, -0.15) is 0 Å². The van der Waals surface area contributed by atoms with Gasteiger partial charge >= 0.3 is 0 Å². The van der Waals surface area contributed by atoms with Gasteiger partial charge in [0, 0.05) is 6.42 Å². The van der Waals surface area contributed by atoms with Crippen LogP contribution in [-0.4, -0.2) is 17.9 Å². The molecular weight excluding hydrogens is 324 g/mol. The van der Waals surface area contributed by atoms with Crippen LogP contribution in [0, 0.1) is 0 Å². The van der Waals surface area contributed by atoms with E-state index >= 15 is 0 Å². The second kappa shape index (κ2) is 19.3. The minimum Gasteiger partial charge on any atom is -0.294 e. The first-order valence-electron chi connectivity index (χ1n) is 9.84. The molecule has 0 aliphatic rings. The molecule has 0 atom stereocenters. The van der Waals surface area contributed by atoms with Crippen molar-refractivity contribution in [3.8, 4) is 0 Å². The Kier molecular flexibility index (Phi) is 17.8. The Morgan fingerprint density at radius 2 is 1.12 bits per heavy atom. The smallest absolute Gasteiger partial charge is 0.260 e. The van der Waals surface area contributed by atoms with E-state index in [4.69, 9.17) is 0 Å². The van der Waals surface area contributed by atoms with Gasteiger partial charge in [-0.05, 0) is 51.4 Å². The van der Waals surface area contributed by atoms with Gasteiger partial charge in [-0.25, -0.2) is 0 Å². The van der Waals surface area contributed by atoms with E-state index in [1.165, 1.54) is 25.7 Å². The molecule has 0 radical (unpaired) electrons. The second-order valence-corrected chi connectivity index (χ2v) is 6.24. The first-order valence-corrected chi connectivity index (χ1v) is 9.84. The molecule has 0 saturated carbocycles. The molecule has 0 spiro atoms. The lowest BCUT2D eigenvalue weighted by molar-refractivity contribution is -0.140. The van der Waals surface area contributed by atoms with E-state index in [0.29, 0.717) is 6.42 Å². The minimum absolute atomic E-state index is 0.0924. The van der Waals surface area contributed by atoms with Gasteiger partial charge in [-0.15, -0.1) is 0 Å². The van der Waals surface area contributed by atoms with E-state index in [-0.39, 0.29) is 12.7 Å². The molecule has 26 heavy (non-hydrogen) atoms. The summed E-state index contributed by atoms with van der Waals surface area (Å²) < 4.78 is 0. The van der Waals surface area contributed by atoms with E-state index in [0.717, 1.165) is 32.1 Å². The Morgan fingerprint density at radius 3 is 1.58 bits per heavy atom. The molecule has 144 valence electrons. The average Bonchev–Trinajstić information content (AvgIpc) is 2.66.